The predicted octanol–water partition coefficient (Wildman–Crippen LogP) is 4.29. The Morgan fingerprint density at radius 3 is 2.31 bits per heavy atom. The monoisotopic (exact) mass is 398 g/mol. The van der Waals surface area contributed by atoms with E-state index in [-0.39, 0.29) is 29.3 Å². The Balaban J connectivity index is 2.43. The summed E-state index contributed by atoms with van der Waals surface area (Å²) in [6.07, 6.45) is 0. The quantitative estimate of drug-likeness (QED) is 0.784. The molecule has 0 saturated heterocycles. The van der Waals surface area contributed by atoms with Gasteiger partial charge >= 0.3 is 0 Å². The maximum Gasteiger partial charge on any atom is 0.255 e. The van der Waals surface area contributed by atoms with Gasteiger partial charge in [0.05, 0.1) is 17.0 Å². The standard InChI is InChI=1S/C23H34N4O2/c1-9-25-20(28)19-14(2)26-21(24)27-17(19)13-29-18-11-10-15(22(3,4)5)12-16(18)23(6,7)8/h10-12H,9,13H2,1-8H3,(H,25,28)(H2,24,26,27). The first-order valence-electron chi connectivity index (χ1n) is 10.0. The van der Waals surface area contributed by atoms with Crippen molar-refractivity contribution in [1.82, 2.24) is 15.3 Å². The molecule has 1 amide bonds. The van der Waals surface area contributed by atoms with Crippen molar-refractivity contribution < 1.29 is 9.53 Å². The fraction of sp³-hybridized carbons (Fsp3) is 0.522. The number of rotatable bonds is 5. The highest BCUT2D eigenvalue weighted by atomic mass is 16.5. The summed E-state index contributed by atoms with van der Waals surface area (Å²) in [5, 5.41) is 2.81. The topological polar surface area (TPSA) is 90.1 Å². The SMILES string of the molecule is CCNC(=O)c1c(C)nc(N)nc1COc1ccc(C(C)(C)C)cc1C(C)(C)C. The molecule has 0 aliphatic rings. The fourth-order valence-electron chi connectivity index (χ4n) is 3.16. The van der Waals surface area contributed by atoms with Gasteiger partial charge in [-0.3, -0.25) is 4.79 Å². The Labute approximate surface area is 174 Å². The Morgan fingerprint density at radius 1 is 1.10 bits per heavy atom. The molecule has 0 aliphatic carbocycles. The van der Waals surface area contributed by atoms with Gasteiger partial charge in [-0.25, -0.2) is 9.97 Å². The van der Waals surface area contributed by atoms with Crippen molar-refractivity contribution in [2.75, 3.05) is 12.3 Å². The molecular formula is C23H34N4O2. The number of carbonyl (C=O) groups excluding carboxylic acids is 1. The molecule has 158 valence electrons. The number of aromatic nitrogens is 2. The summed E-state index contributed by atoms with van der Waals surface area (Å²) in [5.74, 6) is 0.693. The second-order valence-corrected chi connectivity index (χ2v) is 9.35. The lowest BCUT2D eigenvalue weighted by atomic mass is 9.80. The molecule has 6 heteroatoms. The largest absolute Gasteiger partial charge is 0.487 e. The molecule has 0 spiro atoms. The van der Waals surface area contributed by atoms with Crippen LogP contribution in [0.15, 0.2) is 18.2 Å². The average molecular weight is 399 g/mol. The van der Waals surface area contributed by atoms with Crippen LogP contribution in [0.25, 0.3) is 0 Å². The van der Waals surface area contributed by atoms with Gasteiger partial charge in [0.25, 0.3) is 5.91 Å². The van der Waals surface area contributed by atoms with E-state index in [9.17, 15) is 4.79 Å². The summed E-state index contributed by atoms with van der Waals surface area (Å²) in [6.45, 7) is 17.3. The van der Waals surface area contributed by atoms with E-state index in [0.717, 1.165) is 11.3 Å². The number of aryl methyl sites for hydroxylation is 1. The third-order valence-corrected chi connectivity index (χ3v) is 4.76. The van der Waals surface area contributed by atoms with E-state index in [1.54, 1.807) is 6.92 Å². The van der Waals surface area contributed by atoms with E-state index < -0.39 is 0 Å². The molecular weight excluding hydrogens is 364 g/mol. The van der Waals surface area contributed by atoms with Crippen molar-refractivity contribution in [3.05, 3.63) is 46.3 Å². The number of nitrogens with zero attached hydrogens (tertiary/aromatic N) is 2. The maximum absolute atomic E-state index is 12.5. The number of hydrogen-bond donors (Lipinski definition) is 2. The molecule has 2 rings (SSSR count). The van der Waals surface area contributed by atoms with Crippen LogP contribution in [0.4, 0.5) is 5.95 Å². The number of benzene rings is 1. The van der Waals surface area contributed by atoms with Crippen LogP contribution in [0.5, 0.6) is 5.75 Å². The van der Waals surface area contributed by atoms with Crippen LogP contribution in [-0.4, -0.2) is 22.4 Å². The van der Waals surface area contributed by atoms with Crippen LogP contribution in [0, 0.1) is 6.92 Å². The zero-order valence-electron chi connectivity index (χ0n) is 18.9. The first kappa shape index (κ1) is 22.7. The van der Waals surface area contributed by atoms with Crippen molar-refractivity contribution >= 4 is 11.9 Å². The van der Waals surface area contributed by atoms with Gasteiger partial charge in [-0.1, -0.05) is 53.7 Å². The molecule has 3 N–H and O–H groups in total. The Hall–Kier alpha value is -2.63. The van der Waals surface area contributed by atoms with Crippen molar-refractivity contribution in [2.24, 2.45) is 0 Å². The number of carbonyl (C=O) groups is 1. The number of amides is 1. The highest BCUT2D eigenvalue weighted by molar-refractivity contribution is 5.96. The minimum atomic E-state index is -0.220. The molecule has 0 saturated carbocycles. The number of nitrogen functional groups attached to an aromatic ring is 1. The summed E-state index contributed by atoms with van der Waals surface area (Å²) in [6, 6.07) is 6.30. The first-order valence-corrected chi connectivity index (χ1v) is 10.0. The summed E-state index contributed by atoms with van der Waals surface area (Å²) < 4.78 is 6.17. The molecule has 6 nitrogen and oxygen atoms in total. The van der Waals surface area contributed by atoms with Gasteiger partial charge in [0, 0.05) is 6.54 Å². The smallest absolute Gasteiger partial charge is 0.255 e. The van der Waals surface area contributed by atoms with Crippen LogP contribution in [-0.2, 0) is 17.4 Å². The molecule has 29 heavy (non-hydrogen) atoms. The second-order valence-electron chi connectivity index (χ2n) is 9.35. The van der Waals surface area contributed by atoms with Gasteiger partial charge in [-0.2, -0.15) is 0 Å². The zero-order chi connectivity index (χ0) is 22.0. The molecule has 1 heterocycles. The van der Waals surface area contributed by atoms with Crippen LogP contribution in [0.3, 0.4) is 0 Å². The normalized spacial score (nSPS) is 12.0. The van der Waals surface area contributed by atoms with Gasteiger partial charge in [-0.15, -0.1) is 0 Å². The third-order valence-electron chi connectivity index (χ3n) is 4.76. The van der Waals surface area contributed by atoms with Crippen molar-refractivity contribution in [1.29, 1.82) is 0 Å². The fourth-order valence-corrected chi connectivity index (χ4v) is 3.16. The molecule has 1 aromatic carbocycles. The second kappa shape index (κ2) is 8.39. The van der Waals surface area contributed by atoms with E-state index in [1.165, 1.54) is 5.56 Å². The van der Waals surface area contributed by atoms with E-state index in [0.29, 0.717) is 23.5 Å². The van der Waals surface area contributed by atoms with E-state index in [1.807, 2.05) is 13.0 Å². The summed E-state index contributed by atoms with van der Waals surface area (Å²) in [7, 11) is 0. The molecule has 0 unspecified atom stereocenters. The summed E-state index contributed by atoms with van der Waals surface area (Å²) in [5.41, 5.74) is 9.59. The summed E-state index contributed by atoms with van der Waals surface area (Å²) in [4.78, 5) is 20.9. The van der Waals surface area contributed by atoms with Crippen LogP contribution < -0.4 is 15.8 Å². The molecule has 0 fully saturated rings. The van der Waals surface area contributed by atoms with Crippen LogP contribution >= 0.6 is 0 Å². The number of anilines is 1. The van der Waals surface area contributed by atoms with Gasteiger partial charge in [0.15, 0.2) is 0 Å². The van der Waals surface area contributed by atoms with E-state index in [4.69, 9.17) is 10.5 Å². The van der Waals surface area contributed by atoms with Crippen molar-refractivity contribution in [3.63, 3.8) is 0 Å². The Kier molecular flexibility index (Phi) is 6.56. The third kappa shape index (κ3) is 5.46. The zero-order valence-corrected chi connectivity index (χ0v) is 18.9. The first-order chi connectivity index (χ1) is 13.3. The number of nitrogens with two attached hydrogens (primary N) is 1. The van der Waals surface area contributed by atoms with Crippen LogP contribution in [0.2, 0.25) is 0 Å². The molecule has 0 atom stereocenters. The molecule has 0 radical (unpaired) electrons. The Bertz CT molecular complexity index is 893. The van der Waals surface area contributed by atoms with E-state index >= 15 is 0 Å². The average Bonchev–Trinajstić information content (AvgIpc) is 2.57. The molecule has 1 aromatic heterocycles. The van der Waals surface area contributed by atoms with Gasteiger partial charge in [0.2, 0.25) is 5.95 Å². The molecule has 2 aromatic rings. The van der Waals surface area contributed by atoms with E-state index in [2.05, 4.69) is 69.0 Å². The highest BCUT2D eigenvalue weighted by Gasteiger charge is 2.24. The minimum absolute atomic E-state index is 0.0438. The van der Waals surface area contributed by atoms with Crippen molar-refractivity contribution in [2.45, 2.75) is 72.8 Å². The predicted molar refractivity (Wildman–Crippen MR) is 117 cm³/mol. The Morgan fingerprint density at radius 2 is 1.76 bits per heavy atom. The lowest BCUT2D eigenvalue weighted by Gasteiger charge is -2.27. The lowest BCUT2D eigenvalue weighted by molar-refractivity contribution is 0.0951. The van der Waals surface area contributed by atoms with Gasteiger partial charge in [0.1, 0.15) is 12.4 Å². The number of nitrogens with one attached hydrogen (secondary N) is 1. The number of hydrogen-bond acceptors (Lipinski definition) is 5. The van der Waals surface area contributed by atoms with Crippen molar-refractivity contribution in [3.8, 4) is 5.75 Å². The van der Waals surface area contributed by atoms with Gasteiger partial charge in [-0.05, 0) is 41.9 Å². The maximum atomic E-state index is 12.5. The van der Waals surface area contributed by atoms with Crippen LogP contribution in [0.1, 0.15) is 81.3 Å². The number of ether oxygens (including phenoxy) is 1. The summed E-state index contributed by atoms with van der Waals surface area (Å²) >= 11 is 0. The highest BCUT2D eigenvalue weighted by Crippen LogP contribution is 2.36. The molecule has 0 aliphatic heterocycles. The molecule has 0 bridgehead atoms. The van der Waals surface area contributed by atoms with Gasteiger partial charge < -0.3 is 15.8 Å². The minimum Gasteiger partial charge on any atom is -0.487 e. The lowest BCUT2D eigenvalue weighted by Crippen LogP contribution is -2.27.